The molecule has 1 aliphatic heterocycles. The van der Waals surface area contributed by atoms with Gasteiger partial charge in [0, 0.05) is 17.2 Å². The molecule has 2 aromatic rings. The molecule has 0 radical (unpaired) electrons. The van der Waals surface area contributed by atoms with E-state index in [2.05, 4.69) is 37.0 Å². The molecule has 2 heterocycles. The Balaban J connectivity index is 1.89. The number of amides is 1. The first-order valence-corrected chi connectivity index (χ1v) is 10.5. The molecule has 0 saturated carbocycles. The minimum atomic E-state index is -0.568. The van der Waals surface area contributed by atoms with E-state index in [0.717, 1.165) is 5.57 Å². The van der Waals surface area contributed by atoms with Crippen LogP contribution >= 0.6 is 11.3 Å². The number of halogens is 1. The van der Waals surface area contributed by atoms with Gasteiger partial charge in [0.1, 0.15) is 16.4 Å². The van der Waals surface area contributed by atoms with Crippen LogP contribution in [0.1, 0.15) is 53.0 Å². The van der Waals surface area contributed by atoms with Crippen molar-refractivity contribution in [3.63, 3.8) is 0 Å². The second-order valence-corrected chi connectivity index (χ2v) is 10.3. The molecule has 3 rings (SSSR count). The lowest BCUT2D eigenvalue weighted by atomic mass is 9.81. The second-order valence-electron chi connectivity index (χ2n) is 9.35. The van der Waals surface area contributed by atoms with E-state index in [1.807, 2.05) is 20.8 Å². The molecular formula is C22H28FN3O2S. The highest BCUT2D eigenvalue weighted by Gasteiger charge is 2.38. The number of ether oxygens (including phenoxy) is 1. The van der Waals surface area contributed by atoms with Crippen molar-refractivity contribution in [1.29, 1.82) is 0 Å². The quantitative estimate of drug-likeness (QED) is 0.621. The third-order valence-corrected chi connectivity index (χ3v) is 5.77. The summed E-state index contributed by atoms with van der Waals surface area (Å²) in [5, 5.41) is 9.67. The lowest BCUT2D eigenvalue weighted by Gasteiger charge is -2.42. The number of carbonyl (C=O) groups is 1. The van der Waals surface area contributed by atoms with Crippen LogP contribution in [0.4, 0.5) is 9.18 Å². The number of carbonyl (C=O) groups excluding carboxylic acids is 1. The number of rotatable bonds is 2. The van der Waals surface area contributed by atoms with Gasteiger partial charge in [-0.1, -0.05) is 50.3 Å². The largest absolute Gasteiger partial charge is 0.444 e. The van der Waals surface area contributed by atoms with Crippen LogP contribution in [0.5, 0.6) is 0 Å². The Labute approximate surface area is 175 Å². The molecule has 0 bridgehead atoms. The Hall–Kier alpha value is -2.28. The molecule has 29 heavy (non-hydrogen) atoms. The summed E-state index contributed by atoms with van der Waals surface area (Å²) in [5.74, 6) is -0.323. The first-order chi connectivity index (χ1) is 13.5. The molecule has 0 saturated heterocycles. The topological polar surface area (TPSA) is 55.3 Å². The van der Waals surface area contributed by atoms with E-state index in [4.69, 9.17) is 4.74 Å². The first kappa shape index (κ1) is 21.4. The van der Waals surface area contributed by atoms with E-state index in [1.165, 1.54) is 17.4 Å². The second kappa shape index (κ2) is 7.86. The molecule has 1 aromatic heterocycles. The van der Waals surface area contributed by atoms with E-state index < -0.39 is 5.60 Å². The van der Waals surface area contributed by atoms with Gasteiger partial charge in [-0.2, -0.15) is 0 Å². The molecule has 1 unspecified atom stereocenters. The van der Waals surface area contributed by atoms with Crippen molar-refractivity contribution in [3.05, 3.63) is 41.2 Å². The average molecular weight is 418 g/mol. The molecule has 1 atom stereocenters. The van der Waals surface area contributed by atoms with Crippen LogP contribution in [0, 0.1) is 11.2 Å². The number of hydrogen-bond acceptors (Lipinski definition) is 5. The summed E-state index contributed by atoms with van der Waals surface area (Å²) in [5.41, 5.74) is 0.681. The molecule has 0 spiro atoms. The van der Waals surface area contributed by atoms with Crippen LogP contribution in [0.3, 0.4) is 0 Å². The highest BCUT2D eigenvalue weighted by atomic mass is 32.1. The zero-order chi connectivity index (χ0) is 21.4. The van der Waals surface area contributed by atoms with Gasteiger partial charge < -0.3 is 4.74 Å². The minimum absolute atomic E-state index is 0.0139. The highest BCUT2D eigenvalue weighted by Crippen LogP contribution is 2.36. The van der Waals surface area contributed by atoms with Gasteiger partial charge in [-0.3, -0.25) is 4.90 Å². The van der Waals surface area contributed by atoms with E-state index in [0.29, 0.717) is 28.5 Å². The molecular weight excluding hydrogens is 389 g/mol. The summed E-state index contributed by atoms with van der Waals surface area (Å²) in [6, 6.07) is 6.54. The van der Waals surface area contributed by atoms with Crippen LogP contribution in [-0.2, 0) is 4.74 Å². The van der Waals surface area contributed by atoms with Gasteiger partial charge in [-0.15, -0.1) is 10.2 Å². The summed E-state index contributed by atoms with van der Waals surface area (Å²) in [4.78, 5) is 14.7. The fraction of sp³-hybridized carbons (Fsp3) is 0.500. The smallest absolute Gasteiger partial charge is 0.410 e. The predicted molar refractivity (Wildman–Crippen MR) is 114 cm³/mol. The van der Waals surface area contributed by atoms with Gasteiger partial charge in [-0.05, 0) is 44.7 Å². The number of aromatic nitrogens is 2. The molecule has 1 amide bonds. The van der Waals surface area contributed by atoms with Crippen molar-refractivity contribution in [3.8, 4) is 10.6 Å². The Bertz CT molecular complexity index is 925. The Kier molecular flexibility index (Phi) is 5.81. The average Bonchev–Trinajstić information content (AvgIpc) is 3.09. The fourth-order valence-corrected chi connectivity index (χ4v) is 4.23. The van der Waals surface area contributed by atoms with E-state index >= 15 is 0 Å². The molecule has 7 heteroatoms. The zero-order valence-electron chi connectivity index (χ0n) is 17.8. The third kappa shape index (κ3) is 5.01. The van der Waals surface area contributed by atoms with Gasteiger partial charge >= 0.3 is 6.09 Å². The SMILES string of the molecule is CC(C)(C)OC(=O)N1CC(c2nnc(-c3ccccc3F)s2)=CCC1C(C)(C)C. The zero-order valence-corrected chi connectivity index (χ0v) is 18.6. The number of benzene rings is 1. The van der Waals surface area contributed by atoms with Crippen LogP contribution in [0.25, 0.3) is 16.1 Å². The van der Waals surface area contributed by atoms with E-state index in [9.17, 15) is 9.18 Å². The Morgan fingerprint density at radius 1 is 1.14 bits per heavy atom. The molecule has 0 N–H and O–H groups in total. The van der Waals surface area contributed by atoms with Gasteiger partial charge in [0.05, 0.1) is 6.54 Å². The maximum atomic E-state index is 14.1. The maximum Gasteiger partial charge on any atom is 0.410 e. The van der Waals surface area contributed by atoms with Gasteiger partial charge in [0.15, 0.2) is 5.01 Å². The monoisotopic (exact) mass is 417 g/mol. The normalized spacial score (nSPS) is 17.8. The molecule has 0 fully saturated rings. The molecule has 156 valence electrons. The van der Waals surface area contributed by atoms with Crippen LogP contribution in [-0.4, -0.2) is 39.4 Å². The van der Waals surface area contributed by atoms with Gasteiger partial charge in [0.2, 0.25) is 0 Å². The summed E-state index contributed by atoms with van der Waals surface area (Å²) in [6.07, 6.45) is 2.48. The summed E-state index contributed by atoms with van der Waals surface area (Å²) in [6.45, 7) is 12.3. The van der Waals surface area contributed by atoms with Crippen molar-refractivity contribution in [1.82, 2.24) is 15.1 Å². The summed E-state index contributed by atoms with van der Waals surface area (Å²) < 4.78 is 19.7. The predicted octanol–water partition coefficient (Wildman–Crippen LogP) is 5.78. The van der Waals surface area contributed by atoms with Crippen molar-refractivity contribution in [2.45, 2.75) is 59.6 Å². The highest BCUT2D eigenvalue weighted by molar-refractivity contribution is 7.15. The lowest BCUT2D eigenvalue weighted by Crippen LogP contribution is -2.51. The fourth-order valence-electron chi connectivity index (χ4n) is 3.32. The minimum Gasteiger partial charge on any atom is -0.444 e. The Morgan fingerprint density at radius 3 is 2.41 bits per heavy atom. The lowest BCUT2D eigenvalue weighted by molar-refractivity contribution is 0.00525. The third-order valence-electron chi connectivity index (χ3n) is 4.74. The van der Waals surface area contributed by atoms with Crippen molar-refractivity contribution in [2.75, 3.05) is 6.54 Å². The first-order valence-electron chi connectivity index (χ1n) is 9.73. The van der Waals surface area contributed by atoms with Crippen LogP contribution < -0.4 is 0 Å². The molecule has 1 aliphatic rings. The van der Waals surface area contributed by atoms with Gasteiger partial charge in [-0.25, -0.2) is 9.18 Å². The van der Waals surface area contributed by atoms with Crippen LogP contribution in [0.15, 0.2) is 30.3 Å². The molecule has 5 nitrogen and oxygen atoms in total. The van der Waals surface area contributed by atoms with Crippen molar-refractivity contribution >= 4 is 23.0 Å². The number of hydrogen-bond donors (Lipinski definition) is 0. The van der Waals surface area contributed by atoms with Crippen LogP contribution in [0.2, 0.25) is 0 Å². The van der Waals surface area contributed by atoms with E-state index in [1.54, 1.807) is 23.1 Å². The summed E-state index contributed by atoms with van der Waals surface area (Å²) in [7, 11) is 0. The van der Waals surface area contributed by atoms with E-state index in [-0.39, 0.29) is 23.4 Å². The molecule has 1 aromatic carbocycles. The van der Waals surface area contributed by atoms with Crippen molar-refractivity contribution < 1.29 is 13.9 Å². The summed E-state index contributed by atoms with van der Waals surface area (Å²) >= 11 is 1.33. The van der Waals surface area contributed by atoms with Gasteiger partial charge in [0.25, 0.3) is 0 Å². The standard InChI is InChI=1S/C22H28FN3O2S/c1-21(2,3)17-12-11-14(13-26(17)20(27)28-22(4,5)6)18-24-25-19(29-18)15-9-7-8-10-16(15)23/h7-11,17H,12-13H2,1-6H3. The molecule has 0 aliphatic carbocycles. The number of nitrogens with zero attached hydrogens (tertiary/aromatic N) is 3. The Morgan fingerprint density at radius 2 is 1.79 bits per heavy atom. The maximum absolute atomic E-state index is 14.1. The van der Waals surface area contributed by atoms with Crippen molar-refractivity contribution in [2.24, 2.45) is 5.41 Å².